The Morgan fingerprint density at radius 2 is 1.84 bits per heavy atom. The molecule has 7 heteroatoms. The third-order valence-electron chi connectivity index (χ3n) is 4.04. The van der Waals surface area contributed by atoms with Crippen molar-refractivity contribution in [2.75, 3.05) is 25.6 Å². The fraction of sp³-hybridized carbons (Fsp3) is 0.333. The van der Waals surface area contributed by atoms with Gasteiger partial charge in [-0.05, 0) is 38.5 Å². The van der Waals surface area contributed by atoms with Gasteiger partial charge in [-0.1, -0.05) is 35.9 Å². The molecule has 0 saturated heterocycles. The second-order valence-electron chi connectivity index (χ2n) is 6.65. The Balaban J connectivity index is 0.000000614. The first-order valence-electron chi connectivity index (χ1n) is 10.4. The van der Waals surface area contributed by atoms with Crippen LogP contribution >= 0.6 is 0 Å². The molecule has 31 heavy (non-hydrogen) atoms. The van der Waals surface area contributed by atoms with Crippen molar-refractivity contribution in [2.24, 2.45) is 4.99 Å². The molecule has 0 bridgehead atoms. The second-order valence-corrected chi connectivity index (χ2v) is 6.65. The van der Waals surface area contributed by atoms with E-state index >= 15 is 0 Å². The molecule has 3 rings (SSSR count). The number of benzene rings is 1. The molecule has 7 nitrogen and oxygen atoms in total. The third kappa shape index (κ3) is 9.82. The number of rotatable bonds is 9. The fourth-order valence-corrected chi connectivity index (χ4v) is 2.63. The lowest BCUT2D eigenvalue weighted by atomic mass is 10.1. The number of nitrogen functional groups attached to an aromatic ring is 1. The van der Waals surface area contributed by atoms with E-state index in [0.29, 0.717) is 31.1 Å². The first-order chi connectivity index (χ1) is 15.1. The lowest BCUT2D eigenvalue weighted by molar-refractivity contribution is 0.162. The van der Waals surface area contributed by atoms with Crippen LogP contribution in [0.15, 0.2) is 59.7 Å². The monoisotopic (exact) mass is 421 g/mol. The van der Waals surface area contributed by atoms with Gasteiger partial charge >= 0.3 is 6.01 Å². The van der Waals surface area contributed by atoms with E-state index in [1.807, 2.05) is 50.4 Å². The summed E-state index contributed by atoms with van der Waals surface area (Å²) in [5, 5.41) is 0. The Hall–Kier alpha value is -3.32. The van der Waals surface area contributed by atoms with Crippen LogP contribution in [0.4, 0.5) is 5.82 Å². The highest BCUT2D eigenvalue weighted by molar-refractivity contribution is 5.79. The highest BCUT2D eigenvalue weighted by Crippen LogP contribution is 2.11. The SMILES string of the molecule is CCOCC.Cc1cccc(C=NCc2cc(N)nc(OCCc3ccccn3)n2)c1. The molecule has 0 radical (unpaired) electrons. The van der Waals surface area contributed by atoms with E-state index in [1.165, 1.54) is 5.56 Å². The van der Waals surface area contributed by atoms with Crippen molar-refractivity contribution >= 4 is 12.0 Å². The van der Waals surface area contributed by atoms with Crippen LogP contribution in [-0.2, 0) is 17.7 Å². The van der Waals surface area contributed by atoms with Gasteiger partial charge in [0.1, 0.15) is 5.82 Å². The quantitative estimate of drug-likeness (QED) is 0.524. The maximum Gasteiger partial charge on any atom is 0.318 e. The maximum absolute atomic E-state index is 5.85. The zero-order valence-corrected chi connectivity index (χ0v) is 18.5. The van der Waals surface area contributed by atoms with E-state index in [9.17, 15) is 0 Å². The van der Waals surface area contributed by atoms with Gasteiger partial charge in [-0.2, -0.15) is 9.97 Å². The van der Waals surface area contributed by atoms with Gasteiger partial charge in [0.05, 0.1) is 18.8 Å². The van der Waals surface area contributed by atoms with E-state index in [0.717, 1.165) is 24.5 Å². The molecule has 0 amide bonds. The highest BCUT2D eigenvalue weighted by Gasteiger charge is 2.04. The molecule has 0 aliphatic carbocycles. The van der Waals surface area contributed by atoms with Gasteiger partial charge in [-0.15, -0.1) is 0 Å². The number of nitrogens with two attached hydrogens (primary N) is 1. The van der Waals surface area contributed by atoms with Crippen molar-refractivity contribution in [3.63, 3.8) is 0 Å². The lowest BCUT2D eigenvalue weighted by Gasteiger charge is -2.06. The van der Waals surface area contributed by atoms with Crippen LogP contribution in [0.1, 0.15) is 36.4 Å². The lowest BCUT2D eigenvalue weighted by Crippen LogP contribution is -2.07. The van der Waals surface area contributed by atoms with Gasteiger partial charge in [-0.25, -0.2) is 0 Å². The summed E-state index contributed by atoms with van der Waals surface area (Å²) in [5.74, 6) is 0.369. The second kappa shape index (κ2) is 13.8. The van der Waals surface area contributed by atoms with E-state index in [1.54, 1.807) is 12.3 Å². The molecular formula is C24H31N5O2. The first kappa shape index (κ1) is 24.0. The number of ether oxygens (including phenoxy) is 2. The number of anilines is 1. The van der Waals surface area contributed by atoms with Gasteiger partial charge in [-0.3, -0.25) is 9.98 Å². The standard InChI is InChI=1S/C20H21N5O.C4H10O/c1-15-5-4-6-16(11-15)13-22-14-18-12-19(21)25-20(24-18)26-10-8-17-7-2-3-9-23-17;1-3-5-4-2/h2-7,9,11-13H,8,10,14H2,1H3,(H2,21,24,25);3-4H2,1-2H3. The molecule has 0 aliphatic heterocycles. The largest absolute Gasteiger partial charge is 0.463 e. The van der Waals surface area contributed by atoms with Gasteiger partial charge in [0.2, 0.25) is 0 Å². The predicted octanol–water partition coefficient (Wildman–Crippen LogP) is 4.05. The maximum atomic E-state index is 5.85. The Labute approximate surface area is 184 Å². The van der Waals surface area contributed by atoms with Crippen LogP contribution < -0.4 is 10.5 Å². The Bertz CT molecular complexity index is 930. The number of hydrogen-bond donors (Lipinski definition) is 1. The van der Waals surface area contributed by atoms with Gasteiger partial charge in [0.15, 0.2) is 0 Å². The van der Waals surface area contributed by atoms with Crippen molar-refractivity contribution in [1.82, 2.24) is 15.0 Å². The molecule has 2 N–H and O–H groups in total. The number of nitrogens with zero attached hydrogens (tertiary/aromatic N) is 4. The Morgan fingerprint density at radius 1 is 1.00 bits per heavy atom. The van der Waals surface area contributed by atoms with E-state index < -0.39 is 0 Å². The average molecular weight is 422 g/mol. The summed E-state index contributed by atoms with van der Waals surface area (Å²) in [4.78, 5) is 17.2. The third-order valence-corrected chi connectivity index (χ3v) is 4.04. The summed E-state index contributed by atoms with van der Waals surface area (Å²) in [7, 11) is 0. The normalized spacial score (nSPS) is 10.5. The average Bonchev–Trinajstić information content (AvgIpc) is 2.75. The molecule has 0 aliphatic rings. The zero-order chi connectivity index (χ0) is 22.3. The molecule has 164 valence electrons. The first-order valence-corrected chi connectivity index (χ1v) is 10.4. The molecule has 2 heterocycles. The molecule has 3 aromatic rings. The minimum atomic E-state index is 0.265. The molecule has 0 saturated carbocycles. The van der Waals surface area contributed by atoms with Gasteiger partial charge < -0.3 is 15.2 Å². The van der Waals surface area contributed by atoms with Crippen LogP contribution in [0, 0.1) is 6.92 Å². The number of aliphatic imine (C=N–C) groups is 1. The molecular weight excluding hydrogens is 390 g/mol. The van der Waals surface area contributed by atoms with Crippen molar-refractivity contribution in [3.8, 4) is 6.01 Å². The zero-order valence-electron chi connectivity index (χ0n) is 18.5. The number of hydrogen-bond acceptors (Lipinski definition) is 7. The summed E-state index contributed by atoms with van der Waals surface area (Å²) in [6, 6.07) is 15.9. The minimum Gasteiger partial charge on any atom is -0.463 e. The minimum absolute atomic E-state index is 0.265. The molecule has 0 spiro atoms. The van der Waals surface area contributed by atoms with E-state index in [4.69, 9.17) is 15.2 Å². The number of pyridine rings is 1. The smallest absolute Gasteiger partial charge is 0.318 e. The van der Waals surface area contributed by atoms with Crippen molar-refractivity contribution in [2.45, 2.75) is 33.7 Å². The summed E-state index contributed by atoms with van der Waals surface area (Å²) in [6.07, 6.45) is 4.27. The van der Waals surface area contributed by atoms with Crippen LogP contribution in [-0.4, -0.2) is 41.0 Å². The number of aryl methyl sites for hydroxylation is 1. The summed E-state index contributed by atoms with van der Waals surface area (Å²) < 4.78 is 10.5. The van der Waals surface area contributed by atoms with Crippen molar-refractivity contribution in [3.05, 3.63) is 77.2 Å². The molecule has 2 aromatic heterocycles. The van der Waals surface area contributed by atoms with Gasteiger partial charge in [0, 0.05) is 43.8 Å². The van der Waals surface area contributed by atoms with Crippen molar-refractivity contribution in [1.29, 1.82) is 0 Å². The van der Waals surface area contributed by atoms with Crippen LogP contribution in [0.5, 0.6) is 6.01 Å². The fourth-order valence-electron chi connectivity index (χ4n) is 2.63. The highest BCUT2D eigenvalue weighted by atomic mass is 16.5. The molecule has 0 fully saturated rings. The Morgan fingerprint density at radius 3 is 2.52 bits per heavy atom. The number of aromatic nitrogens is 3. The molecule has 0 atom stereocenters. The van der Waals surface area contributed by atoms with Crippen LogP contribution in [0.3, 0.4) is 0 Å². The van der Waals surface area contributed by atoms with Gasteiger partial charge in [0.25, 0.3) is 0 Å². The van der Waals surface area contributed by atoms with Crippen LogP contribution in [0.25, 0.3) is 0 Å². The van der Waals surface area contributed by atoms with Crippen LogP contribution in [0.2, 0.25) is 0 Å². The molecule has 0 unspecified atom stereocenters. The summed E-state index contributed by atoms with van der Waals surface area (Å²) >= 11 is 0. The predicted molar refractivity (Wildman–Crippen MR) is 125 cm³/mol. The summed E-state index contributed by atoms with van der Waals surface area (Å²) in [5.41, 5.74) is 9.78. The van der Waals surface area contributed by atoms with E-state index in [-0.39, 0.29) is 6.01 Å². The van der Waals surface area contributed by atoms with Crippen molar-refractivity contribution < 1.29 is 9.47 Å². The van der Waals surface area contributed by atoms with E-state index in [2.05, 4.69) is 39.0 Å². The molecule has 1 aromatic carbocycles. The topological polar surface area (TPSA) is 95.5 Å². The summed E-state index contributed by atoms with van der Waals surface area (Å²) in [6.45, 7) is 8.57. The Kier molecular flexibility index (Phi) is 10.7.